The third-order valence-corrected chi connectivity index (χ3v) is 3.48. The molecule has 1 unspecified atom stereocenters. The number of aromatic nitrogens is 3. The number of urea groups is 1. The van der Waals surface area contributed by atoms with Gasteiger partial charge in [-0.15, -0.1) is 0 Å². The van der Waals surface area contributed by atoms with Crippen LogP contribution in [-0.4, -0.2) is 20.1 Å². The summed E-state index contributed by atoms with van der Waals surface area (Å²) in [7, 11) is 2.90. The minimum Gasteiger partial charge on any atom is -0.325 e. The molecule has 0 radical (unpaired) electrons. The molecule has 2 N–H and O–H groups in total. The standard InChI is InChI=1S/C13H13N5O3/c1-17-10-8(11(19)18(2)13(17)21)9(15-12(20)16-10)7-5-3-4-6-14-7/h3-6,9H,1-2H3,(H2,15,16,20). The molecule has 0 aromatic carbocycles. The second-order valence-corrected chi connectivity index (χ2v) is 4.75. The third-order valence-electron chi connectivity index (χ3n) is 3.48. The van der Waals surface area contributed by atoms with Crippen molar-refractivity contribution in [2.24, 2.45) is 14.1 Å². The van der Waals surface area contributed by atoms with Crippen molar-refractivity contribution in [2.75, 3.05) is 5.32 Å². The van der Waals surface area contributed by atoms with Crippen LogP contribution in [0.5, 0.6) is 0 Å². The van der Waals surface area contributed by atoms with Gasteiger partial charge in [0.25, 0.3) is 5.56 Å². The van der Waals surface area contributed by atoms with E-state index in [9.17, 15) is 14.4 Å². The van der Waals surface area contributed by atoms with E-state index in [1.54, 1.807) is 24.4 Å². The number of carbonyl (C=O) groups is 1. The first kappa shape index (κ1) is 13.1. The summed E-state index contributed by atoms with van der Waals surface area (Å²) in [5, 5.41) is 5.17. The van der Waals surface area contributed by atoms with E-state index in [1.807, 2.05) is 0 Å². The van der Waals surface area contributed by atoms with E-state index in [0.717, 1.165) is 4.57 Å². The second-order valence-electron chi connectivity index (χ2n) is 4.75. The number of hydrogen-bond donors (Lipinski definition) is 2. The summed E-state index contributed by atoms with van der Waals surface area (Å²) < 4.78 is 2.25. The maximum Gasteiger partial charge on any atom is 0.332 e. The van der Waals surface area contributed by atoms with Crippen LogP contribution in [0.25, 0.3) is 0 Å². The van der Waals surface area contributed by atoms with Gasteiger partial charge in [-0.05, 0) is 12.1 Å². The van der Waals surface area contributed by atoms with E-state index in [4.69, 9.17) is 0 Å². The van der Waals surface area contributed by atoms with Gasteiger partial charge in [0.2, 0.25) is 0 Å². The molecular formula is C13H13N5O3. The molecule has 1 aliphatic heterocycles. The van der Waals surface area contributed by atoms with Gasteiger partial charge in [-0.2, -0.15) is 0 Å². The number of amides is 2. The highest BCUT2D eigenvalue weighted by Gasteiger charge is 2.32. The molecule has 108 valence electrons. The Kier molecular flexibility index (Phi) is 2.86. The zero-order valence-electron chi connectivity index (χ0n) is 11.5. The molecule has 0 fully saturated rings. The summed E-state index contributed by atoms with van der Waals surface area (Å²) in [6, 6.07) is 4.04. The van der Waals surface area contributed by atoms with Crippen LogP contribution in [0.2, 0.25) is 0 Å². The Bertz CT molecular complexity index is 837. The lowest BCUT2D eigenvalue weighted by Gasteiger charge is -2.27. The molecule has 8 nitrogen and oxygen atoms in total. The van der Waals surface area contributed by atoms with E-state index in [1.165, 1.54) is 18.7 Å². The molecule has 1 aliphatic rings. The fraction of sp³-hybridized carbons (Fsp3) is 0.231. The van der Waals surface area contributed by atoms with Crippen LogP contribution >= 0.6 is 0 Å². The Labute approximate surface area is 119 Å². The van der Waals surface area contributed by atoms with Crippen LogP contribution in [0.1, 0.15) is 17.3 Å². The predicted molar refractivity (Wildman–Crippen MR) is 75.2 cm³/mol. The van der Waals surface area contributed by atoms with Crippen molar-refractivity contribution >= 4 is 11.8 Å². The number of anilines is 1. The number of rotatable bonds is 1. The monoisotopic (exact) mass is 287 g/mol. The van der Waals surface area contributed by atoms with Crippen LogP contribution < -0.4 is 21.9 Å². The fourth-order valence-corrected chi connectivity index (χ4v) is 2.40. The molecular weight excluding hydrogens is 274 g/mol. The summed E-state index contributed by atoms with van der Waals surface area (Å²) in [6.45, 7) is 0. The van der Waals surface area contributed by atoms with Gasteiger partial charge in [0, 0.05) is 20.3 Å². The molecule has 2 aromatic rings. The Balaban J connectivity index is 2.33. The number of nitrogens with one attached hydrogen (secondary N) is 2. The molecule has 0 spiro atoms. The number of nitrogens with zero attached hydrogens (tertiary/aromatic N) is 3. The van der Waals surface area contributed by atoms with Gasteiger partial charge >= 0.3 is 11.7 Å². The molecule has 8 heteroatoms. The first-order chi connectivity index (χ1) is 10.0. The normalized spacial score (nSPS) is 16.9. The second kappa shape index (κ2) is 4.58. The minimum absolute atomic E-state index is 0.197. The molecule has 0 bridgehead atoms. The maximum absolute atomic E-state index is 12.4. The van der Waals surface area contributed by atoms with Crippen LogP contribution in [0.4, 0.5) is 10.6 Å². The molecule has 2 aromatic heterocycles. The third kappa shape index (κ3) is 1.92. The topological polar surface area (TPSA) is 98.0 Å². The average Bonchev–Trinajstić information content (AvgIpc) is 2.51. The van der Waals surface area contributed by atoms with Gasteiger partial charge in [0.05, 0.1) is 11.3 Å². The quantitative estimate of drug-likeness (QED) is 0.752. The maximum atomic E-state index is 12.4. The number of hydrogen-bond acceptors (Lipinski definition) is 4. The van der Waals surface area contributed by atoms with E-state index in [-0.39, 0.29) is 11.4 Å². The van der Waals surface area contributed by atoms with Crippen LogP contribution in [0.15, 0.2) is 34.0 Å². The van der Waals surface area contributed by atoms with E-state index < -0.39 is 23.3 Å². The lowest BCUT2D eigenvalue weighted by molar-refractivity contribution is 0.248. The van der Waals surface area contributed by atoms with Crippen LogP contribution in [-0.2, 0) is 14.1 Å². The van der Waals surface area contributed by atoms with Crippen molar-refractivity contribution in [3.63, 3.8) is 0 Å². The summed E-state index contributed by atoms with van der Waals surface area (Å²) in [5.41, 5.74) is -0.140. The Morgan fingerprint density at radius 3 is 2.57 bits per heavy atom. The Hall–Kier alpha value is -2.90. The fourth-order valence-electron chi connectivity index (χ4n) is 2.40. The Morgan fingerprint density at radius 2 is 1.90 bits per heavy atom. The highest BCUT2D eigenvalue weighted by molar-refractivity contribution is 5.92. The highest BCUT2D eigenvalue weighted by Crippen LogP contribution is 2.26. The number of pyridine rings is 1. The Morgan fingerprint density at radius 1 is 1.14 bits per heavy atom. The van der Waals surface area contributed by atoms with Gasteiger partial charge in [0.15, 0.2) is 0 Å². The summed E-state index contributed by atoms with van der Waals surface area (Å²) in [6.07, 6.45) is 1.58. The first-order valence-electron chi connectivity index (χ1n) is 6.29. The first-order valence-corrected chi connectivity index (χ1v) is 6.29. The van der Waals surface area contributed by atoms with Gasteiger partial charge in [-0.25, -0.2) is 9.59 Å². The molecule has 3 rings (SSSR count). The van der Waals surface area contributed by atoms with Crippen molar-refractivity contribution in [2.45, 2.75) is 6.04 Å². The lowest BCUT2D eigenvalue weighted by Crippen LogP contribution is -2.49. The van der Waals surface area contributed by atoms with Gasteiger partial charge in [-0.1, -0.05) is 6.07 Å². The SMILES string of the molecule is Cn1c2c(c(=O)n(C)c1=O)C(c1ccccn1)NC(=O)N2. The largest absolute Gasteiger partial charge is 0.332 e. The summed E-state index contributed by atoms with van der Waals surface area (Å²) in [5.74, 6) is 0.197. The lowest BCUT2D eigenvalue weighted by atomic mass is 10.0. The van der Waals surface area contributed by atoms with Crippen molar-refractivity contribution < 1.29 is 4.79 Å². The van der Waals surface area contributed by atoms with Gasteiger partial charge in [0.1, 0.15) is 11.9 Å². The summed E-state index contributed by atoms with van der Waals surface area (Å²) >= 11 is 0. The van der Waals surface area contributed by atoms with Crippen LogP contribution in [0.3, 0.4) is 0 Å². The number of carbonyl (C=O) groups excluding carboxylic acids is 1. The minimum atomic E-state index is -0.694. The van der Waals surface area contributed by atoms with Gasteiger partial charge < -0.3 is 5.32 Å². The summed E-state index contributed by atoms with van der Waals surface area (Å²) in [4.78, 5) is 40.3. The molecule has 2 amide bonds. The molecule has 3 heterocycles. The predicted octanol–water partition coefficient (Wildman–Crippen LogP) is -0.297. The van der Waals surface area contributed by atoms with E-state index >= 15 is 0 Å². The van der Waals surface area contributed by atoms with E-state index in [2.05, 4.69) is 15.6 Å². The van der Waals surface area contributed by atoms with Crippen molar-refractivity contribution in [1.82, 2.24) is 19.4 Å². The highest BCUT2D eigenvalue weighted by atomic mass is 16.2. The van der Waals surface area contributed by atoms with Crippen molar-refractivity contribution in [3.8, 4) is 0 Å². The zero-order chi connectivity index (χ0) is 15.1. The molecule has 1 atom stereocenters. The molecule has 0 saturated carbocycles. The number of fused-ring (bicyclic) bond motifs is 1. The molecule has 0 saturated heterocycles. The van der Waals surface area contributed by atoms with Crippen LogP contribution in [0, 0.1) is 0 Å². The molecule has 0 aliphatic carbocycles. The van der Waals surface area contributed by atoms with Crippen molar-refractivity contribution in [3.05, 3.63) is 56.5 Å². The average molecular weight is 287 g/mol. The molecule has 21 heavy (non-hydrogen) atoms. The van der Waals surface area contributed by atoms with Crippen molar-refractivity contribution in [1.29, 1.82) is 0 Å². The zero-order valence-corrected chi connectivity index (χ0v) is 11.5. The van der Waals surface area contributed by atoms with E-state index in [0.29, 0.717) is 5.69 Å². The van der Waals surface area contributed by atoms with Gasteiger partial charge in [-0.3, -0.25) is 24.2 Å². The smallest absolute Gasteiger partial charge is 0.325 e.